The van der Waals surface area contributed by atoms with Crippen LogP contribution in [0.1, 0.15) is 41.9 Å². The first-order chi connectivity index (χ1) is 14.6. The van der Waals surface area contributed by atoms with Crippen LogP contribution in [0.2, 0.25) is 0 Å². The zero-order valence-electron chi connectivity index (χ0n) is 17.2. The second-order valence-corrected chi connectivity index (χ2v) is 9.49. The molecule has 2 amide bonds. The Morgan fingerprint density at radius 2 is 1.90 bits per heavy atom. The van der Waals surface area contributed by atoms with Crippen LogP contribution in [0.5, 0.6) is 0 Å². The summed E-state index contributed by atoms with van der Waals surface area (Å²) in [4.78, 5) is 34.0. The van der Waals surface area contributed by atoms with E-state index in [1.54, 1.807) is 11.3 Å². The number of thiophene rings is 1. The maximum atomic E-state index is 12.9. The molecule has 1 aliphatic rings. The molecule has 0 spiro atoms. The minimum absolute atomic E-state index is 0.116. The average Bonchev–Trinajstić information content (AvgIpc) is 3.33. The number of aromatic nitrogens is 1. The van der Waals surface area contributed by atoms with Crippen molar-refractivity contribution in [1.29, 1.82) is 0 Å². The highest BCUT2D eigenvalue weighted by atomic mass is 32.1. The molecule has 6 nitrogen and oxygen atoms in total. The van der Waals surface area contributed by atoms with Gasteiger partial charge in [-0.2, -0.15) is 0 Å². The van der Waals surface area contributed by atoms with Gasteiger partial charge in [-0.05, 0) is 38.3 Å². The lowest BCUT2D eigenvalue weighted by molar-refractivity contribution is -0.123. The van der Waals surface area contributed by atoms with Gasteiger partial charge in [0.05, 0.1) is 9.58 Å². The summed E-state index contributed by atoms with van der Waals surface area (Å²) >= 11 is 2.98. The normalized spacial score (nSPS) is 14.5. The average molecular weight is 443 g/mol. The third kappa shape index (κ3) is 4.82. The van der Waals surface area contributed by atoms with Gasteiger partial charge in [0.25, 0.3) is 5.91 Å². The van der Waals surface area contributed by atoms with E-state index < -0.39 is 6.04 Å². The van der Waals surface area contributed by atoms with Crippen molar-refractivity contribution in [2.24, 2.45) is 0 Å². The number of hydrogen-bond acceptors (Lipinski definition) is 6. The molecule has 1 unspecified atom stereocenters. The number of fused-ring (bicyclic) bond motifs is 1. The number of anilines is 1. The largest absolute Gasteiger partial charge is 0.352 e. The van der Waals surface area contributed by atoms with Gasteiger partial charge in [0.15, 0.2) is 5.13 Å². The molecule has 4 rings (SSSR count). The molecule has 1 saturated carbocycles. The van der Waals surface area contributed by atoms with E-state index >= 15 is 0 Å². The molecular formula is C22H26N4O2S2. The van der Waals surface area contributed by atoms with Gasteiger partial charge < -0.3 is 15.5 Å². The van der Waals surface area contributed by atoms with Crippen molar-refractivity contribution < 1.29 is 9.59 Å². The first-order valence-electron chi connectivity index (χ1n) is 10.4. The van der Waals surface area contributed by atoms with Crippen LogP contribution in [-0.4, -0.2) is 42.0 Å². The van der Waals surface area contributed by atoms with Gasteiger partial charge in [-0.3, -0.25) is 9.59 Å². The van der Waals surface area contributed by atoms with E-state index in [1.165, 1.54) is 11.3 Å². The van der Waals surface area contributed by atoms with E-state index in [0.717, 1.165) is 46.2 Å². The minimum Gasteiger partial charge on any atom is -0.352 e. The second kappa shape index (κ2) is 9.14. The Morgan fingerprint density at radius 1 is 1.17 bits per heavy atom. The van der Waals surface area contributed by atoms with Crippen molar-refractivity contribution in [2.45, 2.75) is 45.2 Å². The van der Waals surface area contributed by atoms with Gasteiger partial charge in [0.2, 0.25) is 5.91 Å². The summed E-state index contributed by atoms with van der Waals surface area (Å²) in [5.41, 5.74) is 1.02. The maximum Gasteiger partial charge on any atom is 0.262 e. The molecule has 2 aromatic heterocycles. The van der Waals surface area contributed by atoms with Gasteiger partial charge >= 0.3 is 0 Å². The molecule has 0 saturated heterocycles. The van der Waals surface area contributed by atoms with Crippen LogP contribution in [0.4, 0.5) is 5.13 Å². The van der Waals surface area contributed by atoms with E-state index in [-0.39, 0.29) is 17.9 Å². The number of rotatable bonds is 9. The molecule has 0 aliphatic heterocycles. The molecule has 0 radical (unpaired) electrons. The smallest absolute Gasteiger partial charge is 0.262 e. The zero-order valence-corrected chi connectivity index (χ0v) is 18.8. The number of carbonyl (C=O) groups excluding carboxylic acids is 2. The number of amides is 2. The number of benzene rings is 1. The molecule has 1 aromatic carbocycles. The van der Waals surface area contributed by atoms with Gasteiger partial charge in [-0.25, -0.2) is 4.98 Å². The van der Waals surface area contributed by atoms with Gasteiger partial charge in [0.1, 0.15) is 10.9 Å². The highest BCUT2D eigenvalue weighted by molar-refractivity contribution is 7.29. The van der Waals surface area contributed by atoms with E-state index in [9.17, 15) is 9.59 Å². The summed E-state index contributed by atoms with van der Waals surface area (Å²) in [6.07, 6.45) is 2.49. The van der Waals surface area contributed by atoms with E-state index in [0.29, 0.717) is 11.3 Å². The first-order valence-corrected chi connectivity index (χ1v) is 12.0. The lowest BCUT2D eigenvalue weighted by Gasteiger charge is -2.18. The highest BCUT2D eigenvalue weighted by Gasteiger charge is 2.29. The van der Waals surface area contributed by atoms with Crippen molar-refractivity contribution in [3.8, 4) is 0 Å². The topological polar surface area (TPSA) is 74.3 Å². The van der Waals surface area contributed by atoms with Crippen molar-refractivity contribution in [2.75, 3.05) is 18.0 Å². The quantitative estimate of drug-likeness (QED) is 0.528. The molecule has 158 valence electrons. The number of hydrogen-bond donors (Lipinski definition) is 2. The molecule has 2 heterocycles. The Morgan fingerprint density at radius 3 is 2.53 bits per heavy atom. The van der Waals surface area contributed by atoms with Crippen LogP contribution in [0.25, 0.3) is 9.53 Å². The van der Waals surface area contributed by atoms with Crippen molar-refractivity contribution in [1.82, 2.24) is 15.6 Å². The monoisotopic (exact) mass is 442 g/mol. The molecule has 1 atom stereocenters. The molecule has 30 heavy (non-hydrogen) atoms. The lowest BCUT2D eigenvalue weighted by atomic mass is 10.1. The fourth-order valence-electron chi connectivity index (χ4n) is 3.28. The summed E-state index contributed by atoms with van der Waals surface area (Å²) < 4.78 is 1.01. The highest BCUT2D eigenvalue weighted by Crippen LogP contribution is 2.34. The summed E-state index contributed by atoms with van der Waals surface area (Å²) in [6.45, 7) is 6.03. The third-order valence-corrected chi connectivity index (χ3v) is 7.38. The zero-order chi connectivity index (χ0) is 21.1. The summed E-state index contributed by atoms with van der Waals surface area (Å²) in [5, 5.41) is 6.96. The Kier molecular flexibility index (Phi) is 6.34. The van der Waals surface area contributed by atoms with Crippen LogP contribution >= 0.6 is 22.7 Å². The predicted octanol–water partition coefficient (Wildman–Crippen LogP) is 3.82. The summed E-state index contributed by atoms with van der Waals surface area (Å²) in [6, 6.07) is 11.3. The number of nitrogens with one attached hydrogen (secondary N) is 2. The third-order valence-electron chi connectivity index (χ3n) is 5.16. The Hall–Kier alpha value is -2.45. The number of thiazole rings is 1. The number of carbonyl (C=O) groups is 2. The van der Waals surface area contributed by atoms with Crippen LogP contribution in [0, 0.1) is 0 Å². The molecule has 2 N–H and O–H groups in total. The fraction of sp³-hybridized carbons (Fsp3) is 0.409. The molecule has 8 heteroatoms. The predicted molar refractivity (Wildman–Crippen MR) is 124 cm³/mol. The van der Waals surface area contributed by atoms with Crippen LogP contribution in [0.3, 0.4) is 0 Å². The Bertz CT molecular complexity index is 991. The summed E-state index contributed by atoms with van der Waals surface area (Å²) in [7, 11) is 0. The van der Waals surface area contributed by atoms with Gasteiger partial charge in [-0.1, -0.05) is 41.7 Å². The Labute approximate surface area is 184 Å². The van der Waals surface area contributed by atoms with E-state index in [4.69, 9.17) is 4.98 Å². The van der Waals surface area contributed by atoms with E-state index in [2.05, 4.69) is 29.4 Å². The molecule has 1 fully saturated rings. The minimum atomic E-state index is -0.597. The fourth-order valence-corrected chi connectivity index (χ4v) is 5.52. The second-order valence-electron chi connectivity index (χ2n) is 7.45. The standard InChI is InChI=1S/C22H26N4O2S2/c1-3-26(4-2)22-25-21-18(30-22)13-17(29-21)20(28)24-16(19(27)23-15-10-11-15)12-14-8-6-5-7-9-14/h5-9,13,15-16H,3-4,10-12H2,1-2H3,(H,23,27)(H,24,28). The summed E-state index contributed by atoms with van der Waals surface area (Å²) in [5.74, 6) is -0.337. The van der Waals surface area contributed by atoms with Gasteiger partial charge in [-0.15, -0.1) is 11.3 Å². The van der Waals surface area contributed by atoms with Gasteiger partial charge in [0, 0.05) is 25.6 Å². The molecule has 0 bridgehead atoms. The van der Waals surface area contributed by atoms with Crippen molar-refractivity contribution in [3.63, 3.8) is 0 Å². The van der Waals surface area contributed by atoms with Crippen molar-refractivity contribution in [3.05, 3.63) is 46.8 Å². The van der Waals surface area contributed by atoms with Crippen molar-refractivity contribution >= 4 is 49.1 Å². The molecule has 3 aromatic rings. The van der Waals surface area contributed by atoms with Crippen LogP contribution in [-0.2, 0) is 11.2 Å². The maximum absolute atomic E-state index is 12.9. The number of nitrogens with zero attached hydrogens (tertiary/aromatic N) is 2. The van der Waals surface area contributed by atoms with Crippen LogP contribution in [0.15, 0.2) is 36.4 Å². The van der Waals surface area contributed by atoms with E-state index in [1.807, 2.05) is 36.4 Å². The molecule has 1 aliphatic carbocycles. The Balaban J connectivity index is 1.49. The molecular weight excluding hydrogens is 416 g/mol. The lowest BCUT2D eigenvalue weighted by Crippen LogP contribution is -2.48. The van der Waals surface area contributed by atoms with Crippen LogP contribution < -0.4 is 15.5 Å². The SMILES string of the molecule is CCN(CC)c1nc2sc(C(=O)NC(Cc3ccccc3)C(=O)NC3CC3)cc2s1. The first kappa shape index (κ1) is 20.8.